The zero-order valence-electron chi connectivity index (χ0n) is 5.70. The van der Waals surface area contributed by atoms with Crippen molar-refractivity contribution in [2.45, 2.75) is 18.9 Å². The average Bonchev–Trinajstić information content (AvgIpc) is 1.79. The van der Waals surface area contributed by atoms with Crippen LogP contribution in [-0.4, -0.2) is 20.9 Å². The third kappa shape index (κ3) is 1.30. The predicted octanol–water partition coefficient (Wildman–Crippen LogP) is 1.02. The Morgan fingerprint density at radius 2 is 2.00 bits per heavy atom. The van der Waals surface area contributed by atoms with Gasteiger partial charge in [-0.2, -0.15) is 0 Å². The lowest BCUT2D eigenvalue weighted by Gasteiger charge is -2.20. The van der Waals surface area contributed by atoms with Crippen molar-refractivity contribution >= 4 is 0 Å². The van der Waals surface area contributed by atoms with Gasteiger partial charge in [0.2, 0.25) is 0 Å². The molecule has 1 rings (SSSR count). The molecule has 0 heterocycles. The molecule has 56 valence electrons. The van der Waals surface area contributed by atoms with Crippen molar-refractivity contribution in [2.75, 3.05) is 0 Å². The first-order valence-corrected chi connectivity index (χ1v) is 3.05. The van der Waals surface area contributed by atoms with Gasteiger partial charge >= 0.3 is 0 Å². The lowest BCUT2D eigenvalue weighted by atomic mass is 9.96. The second kappa shape index (κ2) is 2.02. The van der Waals surface area contributed by atoms with Crippen LogP contribution < -0.4 is 0 Å². The van der Waals surface area contributed by atoms with E-state index in [4.69, 9.17) is 10.2 Å². The van der Waals surface area contributed by atoms with E-state index in [2.05, 4.69) is 0 Å². The first-order valence-electron chi connectivity index (χ1n) is 3.05. The maximum absolute atomic E-state index is 9.27. The average molecular weight is 142 g/mol. The lowest BCUT2D eigenvalue weighted by Crippen LogP contribution is -2.23. The molecule has 0 bridgehead atoms. The highest BCUT2D eigenvalue weighted by molar-refractivity contribution is 5.26. The largest absolute Gasteiger partial charge is 0.504 e. The molecule has 0 amide bonds. The summed E-state index contributed by atoms with van der Waals surface area (Å²) >= 11 is 0. The molecule has 0 aromatic rings. The molecule has 0 aromatic carbocycles. The van der Waals surface area contributed by atoms with E-state index in [-0.39, 0.29) is 11.5 Å². The smallest absolute Gasteiger partial charge is 0.155 e. The quantitative estimate of drug-likeness (QED) is 0.473. The van der Waals surface area contributed by atoms with Gasteiger partial charge in [-0.1, -0.05) is 0 Å². The van der Waals surface area contributed by atoms with Crippen LogP contribution in [0.3, 0.4) is 0 Å². The van der Waals surface area contributed by atoms with Gasteiger partial charge in [0, 0.05) is 6.42 Å². The Kier molecular flexibility index (Phi) is 1.45. The van der Waals surface area contributed by atoms with Crippen LogP contribution in [0.2, 0.25) is 0 Å². The van der Waals surface area contributed by atoms with E-state index in [0.29, 0.717) is 6.42 Å². The Morgan fingerprint density at radius 1 is 1.40 bits per heavy atom. The minimum absolute atomic E-state index is 0.161. The van der Waals surface area contributed by atoms with Gasteiger partial charge in [-0.25, -0.2) is 0 Å². The first kappa shape index (κ1) is 7.15. The molecular formula is C7H10O3. The maximum atomic E-state index is 9.27. The molecular weight excluding hydrogens is 132 g/mol. The standard InChI is InChI=1S/C7H10O3/c1-7(10)3-2-5(8)6(9)4-7/h2,4,8-10H,3H2,1H3. The zero-order valence-corrected chi connectivity index (χ0v) is 5.70. The summed E-state index contributed by atoms with van der Waals surface area (Å²) in [4.78, 5) is 0. The highest BCUT2D eigenvalue weighted by atomic mass is 16.3. The summed E-state index contributed by atoms with van der Waals surface area (Å²) in [5, 5.41) is 27.0. The maximum Gasteiger partial charge on any atom is 0.155 e. The Balaban J connectivity index is 2.87. The summed E-state index contributed by atoms with van der Waals surface area (Å²) in [6.45, 7) is 1.56. The molecule has 0 radical (unpaired) electrons. The number of aliphatic hydroxyl groups is 3. The molecule has 3 N–H and O–H groups in total. The minimum atomic E-state index is -1.02. The molecule has 1 aliphatic rings. The van der Waals surface area contributed by atoms with E-state index in [0.717, 1.165) is 0 Å². The van der Waals surface area contributed by atoms with Crippen LogP contribution in [0.1, 0.15) is 13.3 Å². The van der Waals surface area contributed by atoms with E-state index in [1.165, 1.54) is 12.2 Å². The van der Waals surface area contributed by atoms with Crippen LogP contribution in [0.5, 0.6) is 0 Å². The van der Waals surface area contributed by atoms with Crippen LogP contribution in [0.25, 0.3) is 0 Å². The van der Waals surface area contributed by atoms with Gasteiger partial charge in [0.25, 0.3) is 0 Å². The highest BCUT2D eigenvalue weighted by Gasteiger charge is 2.22. The van der Waals surface area contributed by atoms with Crippen molar-refractivity contribution in [3.63, 3.8) is 0 Å². The van der Waals surface area contributed by atoms with Crippen molar-refractivity contribution in [3.05, 3.63) is 23.7 Å². The summed E-state index contributed by atoms with van der Waals surface area (Å²) in [6.07, 6.45) is 2.94. The molecule has 0 spiro atoms. The second-order valence-electron chi connectivity index (χ2n) is 2.68. The fourth-order valence-electron chi connectivity index (χ4n) is 0.835. The third-order valence-corrected chi connectivity index (χ3v) is 1.42. The summed E-state index contributed by atoms with van der Waals surface area (Å²) in [6, 6.07) is 0. The Bertz CT molecular complexity index is 201. The second-order valence-corrected chi connectivity index (χ2v) is 2.68. The molecule has 0 aromatic heterocycles. The fourth-order valence-corrected chi connectivity index (χ4v) is 0.835. The number of aliphatic hydroxyl groups excluding tert-OH is 2. The molecule has 1 atom stereocenters. The molecule has 0 aliphatic heterocycles. The van der Waals surface area contributed by atoms with E-state index in [9.17, 15) is 5.11 Å². The van der Waals surface area contributed by atoms with Gasteiger partial charge < -0.3 is 15.3 Å². The van der Waals surface area contributed by atoms with Crippen molar-refractivity contribution < 1.29 is 15.3 Å². The predicted molar refractivity (Wildman–Crippen MR) is 36.7 cm³/mol. The lowest BCUT2D eigenvalue weighted by molar-refractivity contribution is 0.104. The van der Waals surface area contributed by atoms with Crippen molar-refractivity contribution in [2.24, 2.45) is 0 Å². The molecule has 3 heteroatoms. The van der Waals surface area contributed by atoms with Crippen molar-refractivity contribution in [1.82, 2.24) is 0 Å². The summed E-state index contributed by atoms with van der Waals surface area (Å²) < 4.78 is 0. The summed E-state index contributed by atoms with van der Waals surface area (Å²) in [5.41, 5.74) is -1.02. The minimum Gasteiger partial charge on any atom is -0.504 e. The van der Waals surface area contributed by atoms with E-state index in [1.807, 2.05) is 0 Å². The molecule has 0 fully saturated rings. The zero-order chi connectivity index (χ0) is 7.78. The molecule has 1 unspecified atom stereocenters. The van der Waals surface area contributed by atoms with Gasteiger partial charge in [-0.3, -0.25) is 0 Å². The highest BCUT2D eigenvalue weighted by Crippen LogP contribution is 2.22. The number of hydrogen-bond acceptors (Lipinski definition) is 3. The number of rotatable bonds is 0. The van der Waals surface area contributed by atoms with Gasteiger partial charge in [0.05, 0.1) is 5.60 Å². The topological polar surface area (TPSA) is 60.7 Å². The van der Waals surface area contributed by atoms with Crippen LogP contribution >= 0.6 is 0 Å². The van der Waals surface area contributed by atoms with Gasteiger partial charge in [0.1, 0.15) is 0 Å². The van der Waals surface area contributed by atoms with Gasteiger partial charge in [-0.05, 0) is 19.1 Å². The SMILES string of the molecule is CC1(O)C=C(O)C(O)=CC1. The molecule has 0 saturated heterocycles. The molecule has 1 aliphatic carbocycles. The summed E-state index contributed by atoms with van der Waals surface area (Å²) in [7, 11) is 0. The van der Waals surface area contributed by atoms with Crippen molar-refractivity contribution in [3.8, 4) is 0 Å². The van der Waals surface area contributed by atoms with Crippen LogP contribution in [-0.2, 0) is 0 Å². The first-order chi connectivity index (χ1) is 4.51. The van der Waals surface area contributed by atoms with E-state index >= 15 is 0 Å². The van der Waals surface area contributed by atoms with Crippen LogP contribution in [0.15, 0.2) is 23.7 Å². The summed E-state index contributed by atoms with van der Waals surface area (Å²) in [5.74, 6) is -0.414. The fraction of sp³-hybridized carbons (Fsp3) is 0.429. The third-order valence-electron chi connectivity index (χ3n) is 1.42. The number of hydrogen-bond donors (Lipinski definition) is 3. The van der Waals surface area contributed by atoms with Gasteiger partial charge in [-0.15, -0.1) is 0 Å². The Labute approximate surface area is 58.9 Å². The van der Waals surface area contributed by atoms with Crippen LogP contribution in [0.4, 0.5) is 0 Å². The monoisotopic (exact) mass is 142 g/mol. The Hall–Kier alpha value is -0.960. The van der Waals surface area contributed by atoms with Gasteiger partial charge in [0.15, 0.2) is 11.5 Å². The van der Waals surface area contributed by atoms with E-state index in [1.54, 1.807) is 6.92 Å². The normalized spacial score (nSPS) is 33.0. The molecule has 3 nitrogen and oxygen atoms in total. The molecule has 10 heavy (non-hydrogen) atoms. The van der Waals surface area contributed by atoms with Crippen LogP contribution in [0, 0.1) is 0 Å². The Morgan fingerprint density at radius 3 is 2.40 bits per heavy atom. The molecule has 0 saturated carbocycles. The van der Waals surface area contributed by atoms with E-state index < -0.39 is 5.60 Å². The van der Waals surface area contributed by atoms with Crippen molar-refractivity contribution in [1.29, 1.82) is 0 Å².